The van der Waals surface area contributed by atoms with E-state index in [2.05, 4.69) is 18.7 Å². The average Bonchev–Trinajstić information content (AvgIpc) is 2.73. The van der Waals surface area contributed by atoms with Crippen LogP contribution in [0.5, 0.6) is 0 Å². The summed E-state index contributed by atoms with van der Waals surface area (Å²) >= 11 is 3.19. The van der Waals surface area contributed by atoms with Crippen molar-refractivity contribution in [3.8, 4) is 0 Å². The number of thiophene rings is 1. The zero-order valence-corrected chi connectivity index (χ0v) is 15.1. The quantitative estimate of drug-likeness (QED) is 0.866. The van der Waals surface area contributed by atoms with Crippen LogP contribution in [0.3, 0.4) is 0 Å². The van der Waals surface area contributed by atoms with Gasteiger partial charge < -0.3 is 15.5 Å². The normalized spacial score (nSPS) is 22.4. The van der Waals surface area contributed by atoms with E-state index in [1.807, 2.05) is 6.26 Å². The van der Waals surface area contributed by atoms with Crippen LogP contribution in [0.1, 0.15) is 29.9 Å². The summed E-state index contributed by atoms with van der Waals surface area (Å²) < 4.78 is 0. The Balaban J connectivity index is 2.39. The van der Waals surface area contributed by atoms with E-state index in [1.165, 1.54) is 11.4 Å². The third kappa shape index (κ3) is 3.31. The first kappa shape index (κ1) is 16.5. The Morgan fingerprint density at radius 1 is 1.33 bits per heavy atom. The van der Waals surface area contributed by atoms with E-state index >= 15 is 0 Å². The number of rotatable bonds is 3. The van der Waals surface area contributed by atoms with Gasteiger partial charge in [-0.25, -0.2) is 0 Å². The van der Waals surface area contributed by atoms with Gasteiger partial charge in [0.05, 0.1) is 10.6 Å². The molecule has 1 aromatic rings. The van der Waals surface area contributed by atoms with Gasteiger partial charge in [-0.3, -0.25) is 4.79 Å². The molecular weight excluding hydrogens is 302 g/mol. The number of hydrogen-bond acceptors (Lipinski definition) is 5. The molecule has 0 saturated carbocycles. The second kappa shape index (κ2) is 6.48. The van der Waals surface area contributed by atoms with Crippen molar-refractivity contribution in [3.05, 3.63) is 4.88 Å². The lowest BCUT2D eigenvalue weighted by Crippen LogP contribution is -2.38. The molecule has 2 heterocycles. The molecule has 21 heavy (non-hydrogen) atoms. The summed E-state index contributed by atoms with van der Waals surface area (Å²) in [6.45, 7) is 6.69. The van der Waals surface area contributed by atoms with Crippen LogP contribution < -0.4 is 10.6 Å². The maximum atomic E-state index is 12.3. The molecule has 2 N–H and O–H groups in total. The minimum Gasteiger partial charge on any atom is -0.396 e. The summed E-state index contributed by atoms with van der Waals surface area (Å²) in [7, 11) is 3.54. The molecule has 6 heteroatoms. The molecule has 0 aliphatic carbocycles. The van der Waals surface area contributed by atoms with Crippen LogP contribution >= 0.6 is 23.1 Å². The Morgan fingerprint density at radius 3 is 2.38 bits per heavy atom. The van der Waals surface area contributed by atoms with Gasteiger partial charge in [0, 0.05) is 27.2 Å². The average molecular weight is 328 g/mol. The largest absolute Gasteiger partial charge is 0.396 e. The van der Waals surface area contributed by atoms with Gasteiger partial charge in [-0.05, 0) is 24.5 Å². The van der Waals surface area contributed by atoms with Crippen molar-refractivity contribution in [2.45, 2.75) is 25.2 Å². The van der Waals surface area contributed by atoms with Gasteiger partial charge >= 0.3 is 0 Å². The molecule has 1 fully saturated rings. The maximum Gasteiger partial charge on any atom is 0.265 e. The molecule has 1 aliphatic rings. The van der Waals surface area contributed by atoms with Crippen LogP contribution in [0.2, 0.25) is 0 Å². The fraction of sp³-hybridized carbons (Fsp3) is 0.667. The van der Waals surface area contributed by atoms with Gasteiger partial charge in [-0.2, -0.15) is 0 Å². The number of nitrogen functional groups attached to an aromatic ring is 1. The zero-order chi connectivity index (χ0) is 15.7. The van der Waals surface area contributed by atoms with Gasteiger partial charge in [0.15, 0.2) is 0 Å². The highest BCUT2D eigenvalue weighted by Gasteiger charge is 2.29. The molecule has 1 aromatic heterocycles. The van der Waals surface area contributed by atoms with Crippen LogP contribution in [-0.2, 0) is 0 Å². The summed E-state index contributed by atoms with van der Waals surface area (Å²) in [5, 5.41) is 1.17. The highest BCUT2D eigenvalue weighted by Crippen LogP contribution is 2.45. The van der Waals surface area contributed by atoms with Crippen molar-refractivity contribution in [1.29, 1.82) is 0 Å². The van der Waals surface area contributed by atoms with E-state index in [-0.39, 0.29) is 5.91 Å². The number of carbonyl (C=O) groups excluding carboxylic acids is 1. The van der Waals surface area contributed by atoms with Crippen molar-refractivity contribution in [3.63, 3.8) is 0 Å². The van der Waals surface area contributed by atoms with Gasteiger partial charge in [-0.1, -0.05) is 13.8 Å². The molecule has 118 valence electrons. The van der Waals surface area contributed by atoms with E-state index in [4.69, 9.17) is 5.73 Å². The first-order chi connectivity index (χ1) is 9.85. The van der Waals surface area contributed by atoms with Crippen molar-refractivity contribution in [1.82, 2.24) is 4.90 Å². The molecule has 2 unspecified atom stereocenters. The Labute approximate surface area is 135 Å². The molecule has 0 aromatic carbocycles. The lowest BCUT2D eigenvalue weighted by molar-refractivity contribution is 0.0833. The molecule has 1 aliphatic heterocycles. The van der Waals surface area contributed by atoms with E-state index in [0.717, 1.165) is 18.0 Å². The second-order valence-electron chi connectivity index (χ2n) is 6.23. The lowest BCUT2D eigenvalue weighted by atomic mass is 9.92. The predicted molar refractivity (Wildman–Crippen MR) is 93.7 cm³/mol. The third-order valence-corrected chi connectivity index (χ3v) is 6.05. The minimum atomic E-state index is -0.00263. The molecule has 2 atom stereocenters. The Hall–Kier alpha value is -0.880. The van der Waals surface area contributed by atoms with E-state index in [9.17, 15) is 4.79 Å². The number of amides is 1. The Morgan fingerprint density at radius 2 is 1.90 bits per heavy atom. The monoisotopic (exact) mass is 327 g/mol. The van der Waals surface area contributed by atoms with Crippen molar-refractivity contribution < 1.29 is 4.79 Å². The van der Waals surface area contributed by atoms with Gasteiger partial charge in [0.2, 0.25) is 0 Å². The highest BCUT2D eigenvalue weighted by atomic mass is 32.2. The van der Waals surface area contributed by atoms with Crippen LogP contribution in [0.15, 0.2) is 4.90 Å². The molecule has 0 bridgehead atoms. The summed E-state index contributed by atoms with van der Waals surface area (Å²) in [5.41, 5.74) is 6.89. The molecule has 0 radical (unpaired) electrons. The van der Waals surface area contributed by atoms with Gasteiger partial charge in [0.1, 0.15) is 9.88 Å². The number of piperidine rings is 1. The molecular formula is C15H25N3OS2. The second-order valence-corrected chi connectivity index (χ2v) is 8.05. The summed E-state index contributed by atoms with van der Waals surface area (Å²) in [5.74, 6) is 1.36. The number of anilines is 2. The summed E-state index contributed by atoms with van der Waals surface area (Å²) in [6, 6.07) is 0. The number of nitrogens with two attached hydrogens (primary N) is 1. The van der Waals surface area contributed by atoms with Crippen molar-refractivity contribution >= 4 is 39.7 Å². The molecule has 0 spiro atoms. The summed E-state index contributed by atoms with van der Waals surface area (Å²) in [6.07, 6.45) is 3.30. The smallest absolute Gasteiger partial charge is 0.265 e. The maximum absolute atomic E-state index is 12.3. The number of nitrogens with zero attached hydrogens (tertiary/aromatic N) is 2. The molecule has 1 amide bonds. The topological polar surface area (TPSA) is 49.6 Å². The van der Waals surface area contributed by atoms with Crippen LogP contribution in [0, 0.1) is 11.8 Å². The highest BCUT2D eigenvalue weighted by molar-refractivity contribution is 7.99. The van der Waals surface area contributed by atoms with E-state index in [0.29, 0.717) is 22.4 Å². The third-order valence-electron chi connectivity index (χ3n) is 3.84. The lowest BCUT2D eigenvalue weighted by Gasteiger charge is -2.36. The van der Waals surface area contributed by atoms with Crippen LogP contribution in [0.4, 0.5) is 10.7 Å². The SMILES string of the molecule is CSc1c(N2CC(C)CC(C)C2)sc(C(=O)N(C)C)c1N. The standard InChI is InChI=1S/C15H25N3OS2/c1-9-6-10(2)8-18(7-9)15-13(20-5)11(16)12(21-15)14(19)17(3)4/h9-10H,6-8,16H2,1-5H3. The van der Waals surface area contributed by atoms with Crippen LogP contribution in [-0.4, -0.2) is 44.2 Å². The Kier molecular flexibility index (Phi) is 5.09. The number of hydrogen-bond donors (Lipinski definition) is 1. The van der Waals surface area contributed by atoms with Crippen LogP contribution in [0.25, 0.3) is 0 Å². The molecule has 1 saturated heterocycles. The predicted octanol–water partition coefficient (Wildman–Crippen LogP) is 3.24. The van der Waals surface area contributed by atoms with Gasteiger partial charge in [0.25, 0.3) is 5.91 Å². The minimum absolute atomic E-state index is 0.00263. The number of thioether (sulfide) groups is 1. The molecule has 2 rings (SSSR count). The zero-order valence-electron chi connectivity index (χ0n) is 13.5. The Bertz CT molecular complexity index is 517. The van der Waals surface area contributed by atoms with Crippen molar-refractivity contribution in [2.75, 3.05) is 44.1 Å². The molecule has 4 nitrogen and oxygen atoms in total. The van der Waals surface area contributed by atoms with Gasteiger partial charge in [-0.15, -0.1) is 23.1 Å². The first-order valence-corrected chi connectivity index (χ1v) is 9.32. The summed E-state index contributed by atoms with van der Waals surface area (Å²) in [4.78, 5) is 18.0. The van der Waals surface area contributed by atoms with E-state index in [1.54, 1.807) is 42.1 Å². The first-order valence-electron chi connectivity index (χ1n) is 7.28. The fourth-order valence-electron chi connectivity index (χ4n) is 3.01. The van der Waals surface area contributed by atoms with Crippen molar-refractivity contribution in [2.24, 2.45) is 11.8 Å². The van der Waals surface area contributed by atoms with E-state index < -0.39 is 0 Å². The fourth-order valence-corrected chi connectivity index (χ4v) is 5.23. The number of carbonyl (C=O) groups is 1.